The van der Waals surface area contributed by atoms with Crippen molar-refractivity contribution in [2.75, 3.05) is 6.61 Å². The zero-order chi connectivity index (χ0) is 10.8. The van der Waals surface area contributed by atoms with Crippen LogP contribution in [0.4, 0.5) is 0 Å². The average Bonchev–Trinajstić information content (AvgIpc) is 2.63. The third kappa shape index (κ3) is 1.93. The highest BCUT2D eigenvalue weighted by Gasteiger charge is 2.25. The molecule has 0 amide bonds. The fourth-order valence-electron chi connectivity index (χ4n) is 2.14. The monoisotopic (exact) mass is 223 g/mol. The van der Waals surface area contributed by atoms with Crippen molar-refractivity contribution >= 4 is 17.3 Å². The van der Waals surface area contributed by atoms with Crippen molar-refractivity contribution in [3.05, 3.63) is 21.4 Å². The number of ether oxygens (including phenoxy) is 1. The number of rotatable bonds is 2. The van der Waals surface area contributed by atoms with Gasteiger partial charge < -0.3 is 4.74 Å². The van der Waals surface area contributed by atoms with E-state index < -0.39 is 0 Å². The second kappa shape index (κ2) is 4.35. The zero-order valence-electron chi connectivity index (χ0n) is 9.13. The Balaban J connectivity index is 2.33. The van der Waals surface area contributed by atoms with Crippen LogP contribution >= 0.6 is 11.3 Å². The van der Waals surface area contributed by atoms with Crippen molar-refractivity contribution in [3.63, 3.8) is 0 Å². The SMILES string of the molecule is CCOC(=O)c1[c]sc2c1C(C)CCC2. The molecule has 81 valence electrons. The Bertz CT molecular complexity index is 368. The van der Waals surface area contributed by atoms with Gasteiger partial charge in [0.05, 0.1) is 17.6 Å². The van der Waals surface area contributed by atoms with Crippen molar-refractivity contribution in [3.8, 4) is 0 Å². The van der Waals surface area contributed by atoms with Gasteiger partial charge >= 0.3 is 5.97 Å². The van der Waals surface area contributed by atoms with Gasteiger partial charge in [0.15, 0.2) is 0 Å². The maximum absolute atomic E-state index is 11.7. The topological polar surface area (TPSA) is 26.3 Å². The lowest BCUT2D eigenvalue weighted by Gasteiger charge is -2.19. The molecule has 0 spiro atoms. The second-order valence-electron chi connectivity index (χ2n) is 3.93. The molecule has 1 aliphatic carbocycles. The number of carbonyl (C=O) groups excluding carboxylic acids is 1. The fraction of sp³-hybridized carbons (Fsp3) is 0.583. The van der Waals surface area contributed by atoms with E-state index in [4.69, 9.17) is 4.74 Å². The molecule has 2 nitrogen and oxygen atoms in total. The summed E-state index contributed by atoms with van der Waals surface area (Å²) in [6, 6.07) is 0. The van der Waals surface area contributed by atoms with Gasteiger partial charge in [0, 0.05) is 4.88 Å². The highest BCUT2D eigenvalue weighted by Crippen LogP contribution is 2.37. The Kier molecular flexibility index (Phi) is 3.10. The molecule has 0 N–H and O–H groups in total. The van der Waals surface area contributed by atoms with Crippen molar-refractivity contribution < 1.29 is 9.53 Å². The van der Waals surface area contributed by atoms with E-state index in [9.17, 15) is 4.79 Å². The van der Waals surface area contributed by atoms with Gasteiger partial charge in [-0.15, -0.1) is 11.3 Å². The van der Waals surface area contributed by atoms with E-state index in [-0.39, 0.29) is 5.97 Å². The van der Waals surface area contributed by atoms with Crippen LogP contribution in [0.15, 0.2) is 0 Å². The lowest BCUT2D eigenvalue weighted by atomic mass is 9.87. The number of carbonyl (C=O) groups is 1. The molecular weight excluding hydrogens is 208 g/mol. The first kappa shape index (κ1) is 10.7. The number of thiophene rings is 1. The van der Waals surface area contributed by atoms with E-state index in [2.05, 4.69) is 12.3 Å². The van der Waals surface area contributed by atoms with Gasteiger partial charge in [-0.3, -0.25) is 0 Å². The maximum atomic E-state index is 11.7. The van der Waals surface area contributed by atoms with Gasteiger partial charge in [0.1, 0.15) is 0 Å². The molecule has 0 aromatic carbocycles. The summed E-state index contributed by atoms with van der Waals surface area (Å²) < 4.78 is 5.04. The standard InChI is InChI=1S/C12H15O2S/c1-3-14-12(13)9-7-15-10-6-4-5-8(2)11(9)10/h8H,3-6H2,1-2H3. The maximum Gasteiger partial charge on any atom is 0.339 e. The van der Waals surface area contributed by atoms with Crippen molar-refractivity contribution in [1.82, 2.24) is 0 Å². The third-order valence-corrected chi connectivity index (χ3v) is 3.84. The van der Waals surface area contributed by atoms with E-state index in [1.54, 1.807) is 11.3 Å². The molecule has 1 heterocycles. The molecule has 1 atom stereocenters. The zero-order valence-corrected chi connectivity index (χ0v) is 9.95. The number of hydrogen-bond donors (Lipinski definition) is 0. The minimum atomic E-state index is -0.205. The number of aryl methyl sites for hydroxylation is 1. The summed E-state index contributed by atoms with van der Waals surface area (Å²) in [5.74, 6) is 0.277. The van der Waals surface area contributed by atoms with E-state index in [0.717, 1.165) is 6.42 Å². The molecule has 0 saturated carbocycles. The van der Waals surface area contributed by atoms with E-state index in [0.29, 0.717) is 18.1 Å². The van der Waals surface area contributed by atoms with Crippen molar-refractivity contribution in [2.24, 2.45) is 0 Å². The van der Waals surface area contributed by atoms with Gasteiger partial charge in [0.2, 0.25) is 0 Å². The molecule has 0 saturated heterocycles. The van der Waals surface area contributed by atoms with Crippen LogP contribution < -0.4 is 0 Å². The number of fused-ring (bicyclic) bond motifs is 1. The smallest absolute Gasteiger partial charge is 0.339 e. The summed E-state index contributed by atoms with van der Waals surface area (Å²) in [6.07, 6.45) is 3.50. The summed E-state index contributed by atoms with van der Waals surface area (Å²) in [7, 11) is 0. The van der Waals surface area contributed by atoms with Gasteiger partial charge in [-0.1, -0.05) is 6.92 Å². The molecule has 15 heavy (non-hydrogen) atoms. The molecule has 1 radical (unpaired) electrons. The summed E-state index contributed by atoms with van der Waals surface area (Å²) in [5, 5.41) is 3.10. The van der Waals surface area contributed by atoms with Crippen LogP contribution in [0.3, 0.4) is 0 Å². The first-order valence-electron chi connectivity index (χ1n) is 5.44. The molecule has 2 rings (SSSR count). The minimum Gasteiger partial charge on any atom is -0.462 e. The van der Waals surface area contributed by atoms with E-state index in [1.807, 2.05) is 6.92 Å². The average molecular weight is 223 g/mol. The quantitative estimate of drug-likeness (QED) is 0.720. The highest BCUT2D eigenvalue weighted by atomic mass is 32.1. The third-order valence-electron chi connectivity index (χ3n) is 2.86. The van der Waals surface area contributed by atoms with Crippen LogP contribution in [0.1, 0.15) is 53.4 Å². The van der Waals surface area contributed by atoms with Gasteiger partial charge in [-0.05, 0) is 37.7 Å². The largest absolute Gasteiger partial charge is 0.462 e. The Morgan fingerprint density at radius 1 is 1.67 bits per heavy atom. The predicted octanol–water partition coefficient (Wildman–Crippen LogP) is 3.16. The van der Waals surface area contributed by atoms with Gasteiger partial charge in [-0.25, -0.2) is 4.79 Å². The lowest BCUT2D eigenvalue weighted by molar-refractivity contribution is 0.0524. The molecule has 0 bridgehead atoms. The minimum absolute atomic E-state index is 0.205. The lowest BCUT2D eigenvalue weighted by Crippen LogP contribution is -2.11. The second-order valence-corrected chi connectivity index (χ2v) is 4.83. The summed E-state index contributed by atoms with van der Waals surface area (Å²) in [5.41, 5.74) is 1.88. The summed E-state index contributed by atoms with van der Waals surface area (Å²) in [6.45, 7) is 4.45. The van der Waals surface area contributed by atoms with Gasteiger partial charge in [0.25, 0.3) is 0 Å². The van der Waals surface area contributed by atoms with Crippen LogP contribution in [0.5, 0.6) is 0 Å². The normalized spacial score (nSPS) is 19.7. The number of esters is 1. The van der Waals surface area contributed by atoms with Crippen LogP contribution in [0.2, 0.25) is 0 Å². The number of hydrogen-bond acceptors (Lipinski definition) is 3. The molecule has 0 fully saturated rings. The summed E-state index contributed by atoms with van der Waals surface area (Å²) >= 11 is 1.58. The van der Waals surface area contributed by atoms with E-state index >= 15 is 0 Å². The molecular formula is C12H15O2S. The Labute approximate surface area is 94.3 Å². The van der Waals surface area contributed by atoms with Crippen LogP contribution in [-0.2, 0) is 11.2 Å². The molecule has 1 unspecified atom stereocenters. The predicted molar refractivity (Wildman–Crippen MR) is 60.5 cm³/mol. The van der Waals surface area contributed by atoms with Crippen LogP contribution in [-0.4, -0.2) is 12.6 Å². The fourth-order valence-corrected chi connectivity index (χ4v) is 3.22. The molecule has 1 aromatic heterocycles. The Hall–Kier alpha value is -0.830. The Morgan fingerprint density at radius 2 is 2.47 bits per heavy atom. The van der Waals surface area contributed by atoms with E-state index in [1.165, 1.54) is 23.3 Å². The van der Waals surface area contributed by atoms with Crippen LogP contribution in [0.25, 0.3) is 0 Å². The van der Waals surface area contributed by atoms with Crippen molar-refractivity contribution in [1.29, 1.82) is 0 Å². The van der Waals surface area contributed by atoms with Gasteiger partial charge in [-0.2, -0.15) is 0 Å². The first-order chi connectivity index (χ1) is 7.24. The highest BCUT2D eigenvalue weighted by molar-refractivity contribution is 7.10. The molecule has 1 aliphatic rings. The first-order valence-corrected chi connectivity index (χ1v) is 6.26. The van der Waals surface area contributed by atoms with Crippen LogP contribution in [0, 0.1) is 5.38 Å². The Morgan fingerprint density at radius 3 is 3.20 bits per heavy atom. The molecule has 0 aliphatic heterocycles. The summed E-state index contributed by atoms with van der Waals surface area (Å²) in [4.78, 5) is 13.0. The molecule has 3 heteroatoms. The molecule has 1 aromatic rings. The van der Waals surface area contributed by atoms with Crippen molar-refractivity contribution in [2.45, 2.75) is 39.0 Å².